The molecule has 0 fully saturated rings. The van der Waals surface area contributed by atoms with Crippen LogP contribution in [0.3, 0.4) is 0 Å². The van der Waals surface area contributed by atoms with Crippen molar-refractivity contribution in [2.75, 3.05) is 20.6 Å². The molecule has 97 valence electrons. The van der Waals surface area contributed by atoms with Crippen molar-refractivity contribution >= 4 is 11.7 Å². The van der Waals surface area contributed by atoms with E-state index in [0.717, 1.165) is 5.06 Å². The summed E-state index contributed by atoms with van der Waals surface area (Å²) in [7, 11) is 3.35. The third-order valence-electron chi connectivity index (χ3n) is 2.95. The highest BCUT2D eigenvalue weighted by atomic mass is 16.5. The summed E-state index contributed by atoms with van der Waals surface area (Å²) in [6, 6.07) is 0. The van der Waals surface area contributed by atoms with E-state index in [9.17, 15) is 10.0 Å². The van der Waals surface area contributed by atoms with E-state index < -0.39 is 11.2 Å². The highest BCUT2D eigenvalue weighted by Crippen LogP contribution is 2.34. The summed E-state index contributed by atoms with van der Waals surface area (Å²) >= 11 is 0. The lowest BCUT2D eigenvalue weighted by Crippen LogP contribution is -2.53. The third-order valence-corrected chi connectivity index (χ3v) is 2.95. The maximum atomic E-state index is 12.1. The molecule has 0 aromatic heterocycles. The molecule has 0 saturated carbocycles. The smallest absolute Gasteiger partial charge is 0.239 e. The molecule has 1 heterocycles. The zero-order valence-corrected chi connectivity index (χ0v) is 11.4. The van der Waals surface area contributed by atoms with Gasteiger partial charge in [0.1, 0.15) is 17.0 Å². The summed E-state index contributed by atoms with van der Waals surface area (Å²) in [5.74, 6) is 0.536. The minimum absolute atomic E-state index is 0.104. The van der Waals surface area contributed by atoms with Gasteiger partial charge in [0.15, 0.2) is 0 Å². The average molecular weight is 241 g/mol. The largest absolute Gasteiger partial charge is 0.358 e. The van der Waals surface area contributed by atoms with Gasteiger partial charge in [0.05, 0.1) is 6.54 Å². The number of nitrogens with zero attached hydrogens (tertiary/aromatic N) is 3. The fraction of sp³-hybridized carbons (Fsp3) is 0.818. The van der Waals surface area contributed by atoms with Crippen LogP contribution in [0.4, 0.5) is 0 Å². The van der Waals surface area contributed by atoms with Crippen LogP contribution in [-0.2, 0) is 10.0 Å². The van der Waals surface area contributed by atoms with Gasteiger partial charge in [-0.05, 0) is 27.7 Å². The molecule has 0 unspecified atom stereocenters. The first-order valence-corrected chi connectivity index (χ1v) is 5.62. The quantitative estimate of drug-likeness (QED) is 0.753. The molecule has 0 aromatic rings. The summed E-state index contributed by atoms with van der Waals surface area (Å²) in [6.07, 6.45) is 0. The first-order valence-electron chi connectivity index (χ1n) is 5.62. The molecule has 1 amide bonds. The first kappa shape index (κ1) is 13.9. The second-order valence-electron chi connectivity index (χ2n) is 5.31. The van der Waals surface area contributed by atoms with E-state index in [4.69, 9.17) is 0 Å². The summed E-state index contributed by atoms with van der Waals surface area (Å²) in [5, 5.41) is 15.6. The Balaban J connectivity index is 2.94. The van der Waals surface area contributed by atoms with E-state index in [1.165, 1.54) is 0 Å². The molecule has 0 aromatic carbocycles. The molecule has 1 aliphatic heterocycles. The minimum Gasteiger partial charge on any atom is -0.358 e. The second kappa shape index (κ2) is 4.27. The fourth-order valence-electron chi connectivity index (χ4n) is 2.14. The van der Waals surface area contributed by atoms with Gasteiger partial charge in [0.25, 0.3) is 0 Å². The monoisotopic (exact) mass is 241 g/mol. The van der Waals surface area contributed by atoms with Crippen molar-refractivity contribution in [3.05, 3.63) is 0 Å². The number of hydrogen-bond donors (Lipinski definition) is 1. The van der Waals surface area contributed by atoms with Gasteiger partial charge in [-0.3, -0.25) is 4.79 Å². The summed E-state index contributed by atoms with van der Waals surface area (Å²) in [5.41, 5.74) is -1.50. The lowest BCUT2D eigenvalue weighted by Gasteiger charge is -2.33. The number of aliphatic imine (C=N–C) groups is 1. The van der Waals surface area contributed by atoms with Gasteiger partial charge in [-0.1, -0.05) is 0 Å². The standard InChI is InChI=1S/C11H21N4O2/c1-10(2)9(13-11(3,4)15(10)17)14(6)7-8(16)12-5/h7H2,1-6H3,(H,12,16). The van der Waals surface area contributed by atoms with Crippen LogP contribution in [0.25, 0.3) is 0 Å². The van der Waals surface area contributed by atoms with Crippen molar-refractivity contribution < 1.29 is 10.0 Å². The van der Waals surface area contributed by atoms with Crippen molar-refractivity contribution in [2.45, 2.75) is 38.9 Å². The third kappa shape index (κ3) is 2.42. The van der Waals surface area contributed by atoms with Crippen molar-refractivity contribution in [3.8, 4) is 0 Å². The second-order valence-corrected chi connectivity index (χ2v) is 5.31. The van der Waals surface area contributed by atoms with Gasteiger partial charge < -0.3 is 10.2 Å². The molecular weight excluding hydrogens is 220 g/mol. The molecule has 0 aliphatic carbocycles. The number of carbonyl (C=O) groups excluding carboxylic acids is 1. The number of amidine groups is 1. The Morgan fingerprint density at radius 3 is 2.29 bits per heavy atom. The minimum atomic E-state index is -0.782. The van der Waals surface area contributed by atoms with Gasteiger partial charge in [-0.15, -0.1) is 10.3 Å². The van der Waals surface area contributed by atoms with E-state index in [2.05, 4.69) is 10.3 Å². The van der Waals surface area contributed by atoms with Gasteiger partial charge in [0.2, 0.25) is 5.91 Å². The summed E-state index contributed by atoms with van der Waals surface area (Å²) < 4.78 is 0. The maximum Gasteiger partial charge on any atom is 0.239 e. The highest BCUT2D eigenvalue weighted by Gasteiger charge is 2.49. The van der Waals surface area contributed by atoms with Crippen LogP contribution in [0.15, 0.2) is 4.99 Å². The Labute approximate surface area is 102 Å². The van der Waals surface area contributed by atoms with Crippen LogP contribution in [0.1, 0.15) is 27.7 Å². The van der Waals surface area contributed by atoms with Crippen LogP contribution >= 0.6 is 0 Å². The normalized spacial score (nSPS) is 22.2. The van der Waals surface area contributed by atoms with Crippen molar-refractivity contribution in [3.63, 3.8) is 0 Å². The SMILES string of the molecule is CNC(=O)CN(C)C1=NC(C)(C)N([O])C1(C)C. The molecule has 1 rings (SSSR count). The molecule has 1 aliphatic rings. The molecule has 0 spiro atoms. The number of amides is 1. The molecular formula is C11H21N4O2. The number of nitrogens with one attached hydrogen (secondary N) is 1. The van der Waals surface area contributed by atoms with Crippen LogP contribution in [0.2, 0.25) is 0 Å². The van der Waals surface area contributed by atoms with Crippen LogP contribution < -0.4 is 5.32 Å². The predicted molar refractivity (Wildman–Crippen MR) is 64.8 cm³/mol. The number of likely N-dealkylation sites (N-methyl/N-ethyl adjacent to an activating group) is 2. The molecule has 0 bridgehead atoms. The van der Waals surface area contributed by atoms with E-state index in [1.807, 2.05) is 13.8 Å². The number of rotatable bonds is 2. The maximum absolute atomic E-state index is 12.1. The average Bonchev–Trinajstić information content (AvgIpc) is 2.39. The van der Waals surface area contributed by atoms with Gasteiger partial charge in [-0.2, -0.15) is 0 Å². The molecule has 6 nitrogen and oxygen atoms in total. The number of hydroxylamine groups is 2. The number of carbonyl (C=O) groups is 1. The Morgan fingerprint density at radius 2 is 1.94 bits per heavy atom. The lowest BCUT2D eigenvalue weighted by atomic mass is 10.0. The molecule has 0 atom stereocenters. The molecule has 1 radical (unpaired) electrons. The zero-order valence-electron chi connectivity index (χ0n) is 11.4. The highest BCUT2D eigenvalue weighted by molar-refractivity contribution is 5.95. The molecule has 1 N–H and O–H groups in total. The molecule has 17 heavy (non-hydrogen) atoms. The zero-order chi connectivity index (χ0) is 13.4. The van der Waals surface area contributed by atoms with Crippen molar-refractivity contribution in [1.82, 2.24) is 15.3 Å². The fourth-order valence-corrected chi connectivity index (χ4v) is 2.14. The van der Waals surface area contributed by atoms with E-state index in [0.29, 0.717) is 5.84 Å². The number of hydrogen-bond acceptors (Lipinski definition) is 4. The Bertz CT molecular complexity index is 349. The van der Waals surface area contributed by atoms with Crippen LogP contribution in [0.5, 0.6) is 0 Å². The van der Waals surface area contributed by atoms with Gasteiger partial charge in [-0.25, -0.2) is 4.99 Å². The van der Waals surface area contributed by atoms with E-state index >= 15 is 0 Å². The van der Waals surface area contributed by atoms with Crippen LogP contribution in [0, 0.1) is 0 Å². The molecule has 6 heteroatoms. The van der Waals surface area contributed by atoms with Gasteiger partial charge >= 0.3 is 0 Å². The Morgan fingerprint density at radius 1 is 1.41 bits per heavy atom. The summed E-state index contributed by atoms with van der Waals surface area (Å²) in [4.78, 5) is 17.5. The van der Waals surface area contributed by atoms with Crippen molar-refractivity contribution in [2.24, 2.45) is 4.99 Å². The first-order chi connectivity index (χ1) is 7.63. The van der Waals surface area contributed by atoms with Crippen molar-refractivity contribution in [1.29, 1.82) is 0 Å². The predicted octanol–water partition coefficient (Wildman–Crippen LogP) is 0.239. The van der Waals surface area contributed by atoms with Gasteiger partial charge in [0, 0.05) is 14.1 Å². The lowest BCUT2D eigenvalue weighted by molar-refractivity contribution is -0.241. The molecule has 0 saturated heterocycles. The summed E-state index contributed by atoms with van der Waals surface area (Å²) in [6.45, 7) is 7.36. The topological polar surface area (TPSA) is 67.8 Å². The van der Waals surface area contributed by atoms with E-state index in [-0.39, 0.29) is 12.5 Å². The Kier molecular flexibility index (Phi) is 3.50. The van der Waals surface area contributed by atoms with E-state index in [1.54, 1.807) is 32.8 Å². The van der Waals surface area contributed by atoms with Crippen LogP contribution in [-0.4, -0.2) is 53.5 Å². The Hall–Kier alpha value is -1.14.